The van der Waals surface area contributed by atoms with Crippen LogP contribution < -0.4 is 5.32 Å². The number of benzene rings is 1. The topological polar surface area (TPSA) is 15.3 Å². The first kappa shape index (κ1) is 15.4. The van der Waals surface area contributed by atoms with E-state index in [0.717, 1.165) is 28.1 Å². The molecule has 3 aliphatic heterocycles. The molecule has 0 aromatic heterocycles. The molecule has 3 saturated heterocycles. The van der Waals surface area contributed by atoms with E-state index in [9.17, 15) is 0 Å². The maximum atomic E-state index is 6.19. The number of halogens is 3. The smallest absolute Gasteiger partial charge is 0.0465 e. The maximum Gasteiger partial charge on any atom is 0.0465 e. The molecule has 3 fully saturated rings. The molecule has 1 aromatic rings. The van der Waals surface area contributed by atoms with E-state index >= 15 is 0 Å². The summed E-state index contributed by atoms with van der Waals surface area (Å²) >= 11 is 12.4. The first-order valence-electron chi connectivity index (χ1n) is 6.62. The molecule has 3 heterocycles. The van der Waals surface area contributed by atoms with Gasteiger partial charge >= 0.3 is 0 Å². The molecule has 1 unspecified atom stereocenters. The standard InChI is InChI=1S/C14H18Cl2N2.ClH/c15-12-2-1-3-13(16)11(12)8-17-14-9-18-6-4-10(14)5-7-18;/h1-3,10,14,17H,4-9H2;1H. The van der Waals surface area contributed by atoms with Crippen molar-refractivity contribution in [2.75, 3.05) is 19.6 Å². The number of piperidine rings is 3. The van der Waals surface area contributed by atoms with Crippen LogP contribution in [-0.2, 0) is 6.54 Å². The fourth-order valence-electron chi connectivity index (χ4n) is 3.13. The Balaban J connectivity index is 0.00000133. The van der Waals surface area contributed by atoms with Gasteiger partial charge in [-0.25, -0.2) is 0 Å². The van der Waals surface area contributed by atoms with Crippen LogP contribution in [0.25, 0.3) is 0 Å². The van der Waals surface area contributed by atoms with Gasteiger partial charge in [-0.05, 0) is 44.0 Å². The van der Waals surface area contributed by atoms with Crippen molar-refractivity contribution in [1.29, 1.82) is 0 Å². The summed E-state index contributed by atoms with van der Waals surface area (Å²) in [6.45, 7) is 4.49. The molecule has 19 heavy (non-hydrogen) atoms. The Bertz CT molecular complexity index is 410. The molecule has 1 N–H and O–H groups in total. The highest BCUT2D eigenvalue weighted by atomic mass is 35.5. The van der Waals surface area contributed by atoms with Gasteiger partial charge in [0, 0.05) is 34.7 Å². The Hall–Kier alpha value is 0.01000. The van der Waals surface area contributed by atoms with E-state index in [-0.39, 0.29) is 12.4 Å². The predicted molar refractivity (Wildman–Crippen MR) is 83.5 cm³/mol. The largest absolute Gasteiger partial charge is 0.308 e. The lowest BCUT2D eigenvalue weighted by Gasteiger charge is -2.45. The van der Waals surface area contributed by atoms with Crippen molar-refractivity contribution < 1.29 is 0 Å². The Morgan fingerprint density at radius 3 is 2.32 bits per heavy atom. The second kappa shape index (κ2) is 6.64. The molecule has 0 aliphatic carbocycles. The summed E-state index contributed by atoms with van der Waals surface area (Å²) in [5.41, 5.74) is 1.03. The van der Waals surface area contributed by atoms with Gasteiger partial charge in [-0.1, -0.05) is 29.3 Å². The van der Waals surface area contributed by atoms with Gasteiger partial charge in [0.1, 0.15) is 0 Å². The first-order valence-corrected chi connectivity index (χ1v) is 7.38. The lowest BCUT2D eigenvalue weighted by atomic mass is 9.84. The average molecular weight is 322 g/mol. The van der Waals surface area contributed by atoms with Gasteiger partial charge in [0.05, 0.1) is 0 Å². The van der Waals surface area contributed by atoms with Crippen molar-refractivity contribution in [2.45, 2.75) is 25.4 Å². The van der Waals surface area contributed by atoms with Crippen LogP contribution in [0.5, 0.6) is 0 Å². The van der Waals surface area contributed by atoms with Crippen LogP contribution in [0.15, 0.2) is 18.2 Å². The van der Waals surface area contributed by atoms with Gasteiger partial charge < -0.3 is 10.2 Å². The quantitative estimate of drug-likeness (QED) is 0.915. The number of nitrogens with zero attached hydrogens (tertiary/aromatic N) is 1. The molecule has 1 atom stereocenters. The van der Waals surface area contributed by atoms with Crippen molar-refractivity contribution >= 4 is 35.6 Å². The van der Waals surface area contributed by atoms with Gasteiger partial charge in [0.2, 0.25) is 0 Å². The Morgan fingerprint density at radius 1 is 1.16 bits per heavy atom. The van der Waals surface area contributed by atoms with Crippen molar-refractivity contribution in [3.05, 3.63) is 33.8 Å². The van der Waals surface area contributed by atoms with Crippen LogP contribution >= 0.6 is 35.6 Å². The minimum absolute atomic E-state index is 0. The second-order valence-corrected chi connectivity index (χ2v) is 6.14. The van der Waals surface area contributed by atoms with Crippen LogP contribution in [0, 0.1) is 5.92 Å². The third-order valence-corrected chi connectivity index (χ3v) is 4.97. The summed E-state index contributed by atoms with van der Waals surface area (Å²) in [7, 11) is 0. The van der Waals surface area contributed by atoms with Crippen LogP contribution in [-0.4, -0.2) is 30.6 Å². The monoisotopic (exact) mass is 320 g/mol. The zero-order chi connectivity index (χ0) is 12.5. The molecule has 0 amide bonds. The molecule has 5 heteroatoms. The first-order chi connectivity index (χ1) is 8.74. The van der Waals surface area contributed by atoms with E-state index in [0.29, 0.717) is 6.04 Å². The number of hydrogen-bond donors (Lipinski definition) is 1. The SMILES string of the molecule is Cl.Clc1cccc(Cl)c1CNC1CN2CCC1CC2. The van der Waals surface area contributed by atoms with E-state index in [4.69, 9.17) is 23.2 Å². The second-order valence-electron chi connectivity index (χ2n) is 5.33. The highest BCUT2D eigenvalue weighted by Gasteiger charge is 2.33. The molecular weight excluding hydrogens is 303 g/mol. The Labute approximate surface area is 130 Å². The maximum absolute atomic E-state index is 6.19. The van der Waals surface area contributed by atoms with Crippen LogP contribution in [0.3, 0.4) is 0 Å². The molecule has 3 aliphatic rings. The molecule has 1 aromatic carbocycles. The average Bonchev–Trinajstić information content (AvgIpc) is 2.39. The fourth-order valence-corrected chi connectivity index (χ4v) is 3.66. The van der Waals surface area contributed by atoms with E-state index in [1.54, 1.807) is 0 Å². The summed E-state index contributed by atoms with van der Waals surface area (Å²) in [4.78, 5) is 2.55. The molecule has 0 spiro atoms. The lowest BCUT2D eigenvalue weighted by Crippen LogP contribution is -2.55. The van der Waals surface area contributed by atoms with E-state index in [2.05, 4.69) is 10.2 Å². The van der Waals surface area contributed by atoms with Gasteiger partial charge in [-0.2, -0.15) is 0 Å². The summed E-state index contributed by atoms with van der Waals surface area (Å²) in [5.74, 6) is 0.830. The predicted octanol–water partition coefficient (Wildman–Crippen LogP) is 3.60. The number of fused-ring (bicyclic) bond motifs is 3. The zero-order valence-corrected chi connectivity index (χ0v) is 13.1. The van der Waals surface area contributed by atoms with Crippen LogP contribution in [0.4, 0.5) is 0 Å². The molecule has 2 nitrogen and oxygen atoms in total. The van der Waals surface area contributed by atoms with Crippen molar-refractivity contribution in [2.24, 2.45) is 5.92 Å². The normalized spacial score (nSPS) is 29.1. The Kier molecular flexibility index (Phi) is 5.38. The summed E-state index contributed by atoms with van der Waals surface area (Å²) in [6, 6.07) is 6.30. The van der Waals surface area contributed by atoms with E-state index in [1.165, 1.54) is 32.5 Å². The molecule has 0 saturated carbocycles. The Morgan fingerprint density at radius 2 is 1.79 bits per heavy atom. The molecule has 0 radical (unpaired) electrons. The summed E-state index contributed by atoms with van der Waals surface area (Å²) in [5, 5.41) is 5.16. The minimum Gasteiger partial charge on any atom is -0.308 e. The molecule has 106 valence electrons. The summed E-state index contributed by atoms with van der Waals surface area (Å²) in [6.07, 6.45) is 2.65. The van der Waals surface area contributed by atoms with Gasteiger partial charge in [-0.3, -0.25) is 0 Å². The van der Waals surface area contributed by atoms with Gasteiger partial charge in [0.15, 0.2) is 0 Å². The zero-order valence-electron chi connectivity index (χ0n) is 10.7. The number of nitrogens with one attached hydrogen (secondary N) is 1. The van der Waals surface area contributed by atoms with Gasteiger partial charge in [-0.15, -0.1) is 12.4 Å². The lowest BCUT2D eigenvalue weighted by molar-refractivity contribution is 0.0720. The highest BCUT2D eigenvalue weighted by molar-refractivity contribution is 6.35. The third kappa shape index (κ3) is 3.37. The van der Waals surface area contributed by atoms with E-state index in [1.807, 2.05) is 18.2 Å². The fraction of sp³-hybridized carbons (Fsp3) is 0.571. The highest BCUT2D eigenvalue weighted by Crippen LogP contribution is 2.29. The summed E-state index contributed by atoms with van der Waals surface area (Å²) < 4.78 is 0. The van der Waals surface area contributed by atoms with Crippen molar-refractivity contribution in [3.63, 3.8) is 0 Å². The van der Waals surface area contributed by atoms with Crippen LogP contribution in [0.1, 0.15) is 18.4 Å². The number of hydrogen-bond acceptors (Lipinski definition) is 2. The third-order valence-electron chi connectivity index (χ3n) is 4.26. The molecule has 2 bridgehead atoms. The van der Waals surface area contributed by atoms with E-state index < -0.39 is 0 Å². The molecular formula is C14H19Cl3N2. The van der Waals surface area contributed by atoms with Gasteiger partial charge in [0.25, 0.3) is 0 Å². The van der Waals surface area contributed by atoms with Crippen LogP contribution in [0.2, 0.25) is 10.0 Å². The molecule has 4 rings (SSSR count). The number of rotatable bonds is 3. The van der Waals surface area contributed by atoms with Crippen molar-refractivity contribution in [3.8, 4) is 0 Å². The van der Waals surface area contributed by atoms with Crippen molar-refractivity contribution in [1.82, 2.24) is 10.2 Å². The minimum atomic E-state index is 0.